The standard InChI is InChI=1S/C18H32N2S/c1-5-14-20(18(2,3)4)15-13-19-12-9-16-21-17-10-7-6-8-11-17/h6-8,10-11,19H,5,9,12-16H2,1-4H3. The van der Waals surface area contributed by atoms with Gasteiger partial charge in [0.05, 0.1) is 0 Å². The lowest BCUT2D eigenvalue weighted by molar-refractivity contribution is 0.138. The van der Waals surface area contributed by atoms with E-state index in [0.717, 1.165) is 19.6 Å². The van der Waals surface area contributed by atoms with Crippen LogP contribution in [-0.2, 0) is 0 Å². The molecule has 1 aromatic carbocycles. The zero-order chi connectivity index (χ0) is 15.6. The van der Waals surface area contributed by atoms with Gasteiger partial charge in [0.2, 0.25) is 0 Å². The third kappa shape index (κ3) is 8.50. The average Bonchev–Trinajstić information content (AvgIpc) is 2.45. The fraction of sp³-hybridized carbons (Fsp3) is 0.667. The Kier molecular flexibility index (Phi) is 9.05. The summed E-state index contributed by atoms with van der Waals surface area (Å²) in [5.74, 6) is 1.19. The van der Waals surface area contributed by atoms with Gasteiger partial charge in [-0.2, -0.15) is 0 Å². The quantitative estimate of drug-likeness (QED) is 0.513. The molecule has 0 amide bonds. The van der Waals surface area contributed by atoms with Gasteiger partial charge in [-0.05, 0) is 64.6 Å². The van der Waals surface area contributed by atoms with E-state index in [1.165, 1.54) is 30.0 Å². The Morgan fingerprint density at radius 3 is 2.38 bits per heavy atom. The number of nitrogens with zero attached hydrogens (tertiary/aromatic N) is 1. The first-order chi connectivity index (χ1) is 10.0. The van der Waals surface area contributed by atoms with Crippen molar-refractivity contribution in [2.24, 2.45) is 0 Å². The zero-order valence-electron chi connectivity index (χ0n) is 14.2. The molecule has 0 heterocycles. The van der Waals surface area contributed by atoms with Crippen molar-refractivity contribution in [2.45, 2.75) is 51.0 Å². The molecule has 2 nitrogen and oxygen atoms in total. The molecule has 1 aromatic rings. The van der Waals surface area contributed by atoms with Crippen molar-refractivity contribution in [1.29, 1.82) is 0 Å². The summed E-state index contributed by atoms with van der Waals surface area (Å²) in [5.41, 5.74) is 0.279. The normalized spacial score (nSPS) is 12.0. The molecule has 0 unspecified atom stereocenters. The van der Waals surface area contributed by atoms with E-state index >= 15 is 0 Å². The van der Waals surface area contributed by atoms with E-state index in [1.54, 1.807) is 0 Å². The largest absolute Gasteiger partial charge is 0.315 e. The van der Waals surface area contributed by atoms with Gasteiger partial charge in [0.15, 0.2) is 0 Å². The summed E-state index contributed by atoms with van der Waals surface area (Å²) in [6.07, 6.45) is 2.45. The maximum absolute atomic E-state index is 3.58. The van der Waals surface area contributed by atoms with Crippen molar-refractivity contribution in [3.8, 4) is 0 Å². The van der Waals surface area contributed by atoms with Crippen LogP contribution in [0.1, 0.15) is 40.5 Å². The Labute approximate surface area is 135 Å². The first-order valence-corrected chi connectivity index (χ1v) is 9.16. The van der Waals surface area contributed by atoms with Gasteiger partial charge < -0.3 is 5.32 Å². The number of rotatable bonds is 10. The molecule has 0 aromatic heterocycles. The minimum absolute atomic E-state index is 0.279. The monoisotopic (exact) mass is 308 g/mol. The number of hydrogen-bond donors (Lipinski definition) is 1. The van der Waals surface area contributed by atoms with E-state index in [-0.39, 0.29) is 5.54 Å². The van der Waals surface area contributed by atoms with Crippen molar-refractivity contribution < 1.29 is 0 Å². The average molecular weight is 309 g/mol. The van der Waals surface area contributed by atoms with Gasteiger partial charge >= 0.3 is 0 Å². The van der Waals surface area contributed by atoms with Crippen LogP contribution in [0.2, 0.25) is 0 Å². The van der Waals surface area contributed by atoms with Gasteiger partial charge in [0.1, 0.15) is 0 Å². The Bertz CT molecular complexity index is 359. The Hall–Kier alpha value is -0.510. The summed E-state index contributed by atoms with van der Waals surface area (Å²) in [5, 5.41) is 3.58. The van der Waals surface area contributed by atoms with Gasteiger partial charge in [-0.15, -0.1) is 11.8 Å². The molecule has 21 heavy (non-hydrogen) atoms. The van der Waals surface area contributed by atoms with Crippen LogP contribution < -0.4 is 5.32 Å². The molecule has 120 valence electrons. The summed E-state index contributed by atoms with van der Waals surface area (Å²) >= 11 is 1.95. The van der Waals surface area contributed by atoms with Gasteiger partial charge in [-0.25, -0.2) is 0 Å². The third-order valence-corrected chi connectivity index (χ3v) is 4.61. The molecule has 0 bridgehead atoms. The van der Waals surface area contributed by atoms with Crippen LogP contribution in [0.3, 0.4) is 0 Å². The van der Waals surface area contributed by atoms with E-state index in [4.69, 9.17) is 0 Å². The second kappa shape index (κ2) is 10.3. The summed E-state index contributed by atoms with van der Waals surface area (Å²) in [6, 6.07) is 10.7. The lowest BCUT2D eigenvalue weighted by Gasteiger charge is -2.35. The minimum Gasteiger partial charge on any atom is -0.315 e. The first-order valence-electron chi connectivity index (χ1n) is 8.17. The fourth-order valence-electron chi connectivity index (χ4n) is 2.30. The highest BCUT2D eigenvalue weighted by Crippen LogP contribution is 2.17. The summed E-state index contributed by atoms with van der Waals surface area (Å²) in [4.78, 5) is 3.94. The van der Waals surface area contributed by atoms with Crippen molar-refractivity contribution in [1.82, 2.24) is 10.2 Å². The SMILES string of the molecule is CCCN(CCNCCCSc1ccccc1)C(C)(C)C. The maximum atomic E-state index is 3.58. The minimum atomic E-state index is 0.279. The van der Waals surface area contributed by atoms with Gasteiger partial charge in [0.25, 0.3) is 0 Å². The summed E-state index contributed by atoms with van der Waals surface area (Å²) < 4.78 is 0. The fourth-order valence-corrected chi connectivity index (χ4v) is 3.17. The smallest absolute Gasteiger partial charge is 0.0125 e. The number of hydrogen-bond acceptors (Lipinski definition) is 3. The van der Waals surface area contributed by atoms with Crippen molar-refractivity contribution in [3.63, 3.8) is 0 Å². The van der Waals surface area contributed by atoms with E-state index in [9.17, 15) is 0 Å². The lowest BCUT2D eigenvalue weighted by atomic mass is 10.1. The highest BCUT2D eigenvalue weighted by atomic mass is 32.2. The van der Waals surface area contributed by atoms with Crippen molar-refractivity contribution >= 4 is 11.8 Å². The predicted octanol–water partition coefficient (Wildman–Crippen LogP) is 4.27. The molecule has 0 aliphatic rings. The van der Waals surface area contributed by atoms with Crippen LogP contribution >= 0.6 is 11.8 Å². The van der Waals surface area contributed by atoms with Crippen molar-refractivity contribution in [2.75, 3.05) is 31.9 Å². The molecule has 0 radical (unpaired) electrons. The van der Waals surface area contributed by atoms with E-state index < -0.39 is 0 Å². The van der Waals surface area contributed by atoms with Crippen molar-refractivity contribution in [3.05, 3.63) is 30.3 Å². The maximum Gasteiger partial charge on any atom is 0.0125 e. The predicted molar refractivity (Wildman–Crippen MR) is 96.3 cm³/mol. The first kappa shape index (κ1) is 18.5. The van der Waals surface area contributed by atoms with Gasteiger partial charge in [-0.3, -0.25) is 4.90 Å². The molecule has 0 aliphatic heterocycles. The number of nitrogens with one attached hydrogen (secondary N) is 1. The molecule has 3 heteroatoms. The number of benzene rings is 1. The van der Waals surface area contributed by atoms with E-state index in [1.807, 2.05) is 11.8 Å². The topological polar surface area (TPSA) is 15.3 Å². The van der Waals surface area contributed by atoms with E-state index in [0.29, 0.717) is 0 Å². The van der Waals surface area contributed by atoms with Crippen LogP contribution in [0.5, 0.6) is 0 Å². The molecule has 0 spiro atoms. The van der Waals surface area contributed by atoms with Gasteiger partial charge in [0, 0.05) is 23.5 Å². The Morgan fingerprint density at radius 1 is 1.05 bits per heavy atom. The second-order valence-corrected chi connectivity index (χ2v) is 7.59. The van der Waals surface area contributed by atoms with Gasteiger partial charge in [-0.1, -0.05) is 25.1 Å². The molecule has 0 fully saturated rings. The molecular formula is C18H32N2S. The highest BCUT2D eigenvalue weighted by molar-refractivity contribution is 7.99. The van der Waals surface area contributed by atoms with Crippen LogP contribution in [0, 0.1) is 0 Å². The van der Waals surface area contributed by atoms with Crippen LogP contribution in [-0.4, -0.2) is 42.4 Å². The summed E-state index contributed by atoms with van der Waals surface area (Å²) in [7, 11) is 0. The molecule has 1 rings (SSSR count). The molecule has 0 saturated heterocycles. The Balaban J connectivity index is 2.06. The number of thioether (sulfide) groups is 1. The molecule has 0 aliphatic carbocycles. The second-order valence-electron chi connectivity index (χ2n) is 6.42. The molecular weight excluding hydrogens is 276 g/mol. The Morgan fingerprint density at radius 2 is 1.76 bits per heavy atom. The third-order valence-electron chi connectivity index (χ3n) is 3.51. The lowest BCUT2D eigenvalue weighted by Crippen LogP contribution is -2.45. The summed E-state index contributed by atoms with van der Waals surface area (Å²) in [6.45, 7) is 13.7. The van der Waals surface area contributed by atoms with E-state index in [2.05, 4.69) is 68.2 Å². The zero-order valence-corrected chi connectivity index (χ0v) is 15.0. The molecule has 0 atom stereocenters. The molecule has 0 saturated carbocycles. The van der Waals surface area contributed by atoms with Crippen LogP contribution in [0.15, 0.2) is 35.2 Å². The molecule has 1 N–H and O–H groups in total. The van der Waals surface area contributed by atoms with Crippen LogP contribution in [0.25, 0.3) is 0 Å². The van der Waals surface area contributed by atoms with Crippen LogP contribution in [0.4, 0.5) is 0 Å². The highest BCUT2D eigenvalue weighted by Gasteiger charge is 2.19.